The van der Waals surface area contributed by atoms with Crippen molar-refractivity contribution in [1.82, 2.24) is 0 Å². The summed E-state index contributed by atoms with van der Waals surface area (Å²) in [6, 6.07) is 0. The van der Waals surface area contributed by atoms with E-state index in [2.05, 4.69) is 26.8 Å². The van der Waals surface area contributed by atoms with Crippen LogP contribution in [0.2, 0.25) is 0 Å². The Hall–Kier alpha value is -1.05. The minimum atomic E-state index is 0.170. The van der Waals surface area contributed by atoms with Crippen molar-refractivity contribution in [3.05, 3.63) is 23.4 Å². The molecule has 0 bridgehead atoms. The zero-order valence-electron chi connectivity index (χ0n) is 8.31. The standard InChI is InChI=1S/C10H18N2/c1-8(5-9(12)7-11)6-10(2,3)4/h5-7,11H,12H2,1-4H3/b8-6?,9-5+,11-7?. The fourth-order valence-corrected chi connectivity index (χ4v) is 1.03. The molecule has 0 amide bonds. The van der Waals surface area contributed by atoms with Crippen LogP contribution in [0.4, 0.5) is 0 Å². The number of hydrogen-bond acceptors (Lipinski definition) is 2. The van der Waals surface area contributed by atoms with E-state index in [0.717, 1.165) is 11.8 Å². The lowest BCUT2D eigenvalue weighted by Crippen LogP contribution is -2.02. The normalized spacial score (nSPS) is 14.7. The molecule has 0 fully saturated rings. The molecule has 0 aromatic carbocycles. The highest BCUT2D eigenvalue weighted by atomic mass is 14.6. The second-order valence-electron chi connectivity index (χ2n) is 4.04. The first kappa shape index (κ1) is 11.0. The van der Waals surface area contributed by atoms with Crippen LogP contribution in [0.15, 0.2) is 23.4 Å². The molecule has 0 heterocycles. The first-order chi connectivity index (χ1) is 5.35. The van der Waals surface area contributed by atoms with Crippen LogP contribution in [0.1, 0.15) is 27.7 Å². The van der Waals surface area contributed by atoms with Gasteiger partial charge >= 0.3 is 0 Å². The number of hydrogen-bond donors (Lipinski definition) is 2. The summed E-state index contributed by atoms with van der Waals surface area (Å²) in [4.78, 5) is 0. The summed E-state index contributed by atoms with van der Waals surface area (Å²) in [5.41, 5.74) is 7.23. The van der Waals surface area contributed by atoms with E-state index in [4.69, 9.17) is 11.1 Å². The minimum Gasteiger partial charge on any atom is -0.397 e. The van der Waals surface area contributed by atoms with Crippen molar-refractivity contribution in [2.75, 3.05) is 0 Å². The minimum absolute atomic E-state index is 0.170. The zero-order valence-corrected chi connectivity index (χ0v) is 8.31. The molecule has 2 nitrogen and oxygen atoms in total. The van der Waals surface area contributed by atoms with Crippen molar-refractivity contribution in [2.45, 2.75) is 27.7 Å². The molecule has 0 saturated heterocycles. The molecule has 0 unspecified atom stereocenters. The maximum Gasteiger partial charge on any atom is 0.0495 e. The number of nitrogens with one attached hydrogen (secondary N) is 1. The van der Waals surface area contributed by atoms with Crippen LogP contribution >= 0.6 is 0 Å². The topological polar surface area (TPSA) is 49.9 Å². The van der Waals surface area contributed by atoms with Gasteiger partial charge in [0.25, 0.3) is 0 Å². The van der Waals surface area contributed by atoms with Gasteiger partial charge in [-0.15, -0.1) is 0 Å². The van der Waals surface area contributed by atoms with Crippen LogP contribution < -0.4 is 5.73 Å². The molecule has 68 valence electrons. The first-order valence-corrected chi connectivity index (χ1v) is 4.02. The third-order valence-electron chi connectivity index (χ3n) is 1.22. The van der Waals surface area contributed by atoms with Crippen molar-refractivity contribution in [3.63, 3.8) is 0 Å². The van der Waals surface area contributed by atoms with Gasteiger partial charge in [-0.2, -0.15) is 0 Å². The van der Waals surface area contributed by atoms with Crippen LogP contribution in [0.3, 0.4) is 0 Å². The monoisotopic (exact) mass is 166 g/mol. The molecule has 0 radical (unpaired) electrons. The van der Waals surface area contributed by atoms with E-state index in [9.17, 15) is 0 Å². The predicted molar refractivity (Wildman–Crippen MR) is 54.3 cm³/mol. The summed E-state index contributed by atoms with van der Waals surface area (Å²) in [6.07, 6.45) is 5.08. The number of allylic oxidation sites excluding steroid dienone is 4. The van der Waals surface area contributed by atoms with E-state index >= 15 is 0 Å². The molecular weight excluding hydrogens is 148 g/mol. The van der Waals surface area contributed by atoms with Gasteiger partial charge in [0.1, 0.15) is 0 Å². The van der Waals surface area contributed by atoms with Crippen molar-refractivity contribution in [3.8, 4) is 0 Å². The first-order valence-electron chi connectivity index (χ1n) is 4.02. The maximum absolute atomic E-state index is 6.89. The molecule has 0 aliphatic rings. The molecule has 0 aromatic heterocycles. The van der Waals surface area contributed by atoms with Gasteiger partial charge < -0.3 is 11.1 Å². The lowest BCUT2D eigenvalue weighted by atomic mass is 9.94. The lowest BCUT2D eigenvalue weighted by molar-refractivity contribution is 0.541. The van der Waals surface area contributed by atoms with Gasteiger partial charge in [0.15, 0.2) is 0 Å². The fraction of sp³-hybridized carbons (Fsp3) is 0.500. The van der Waals surface area contributed by atoms with Crippen molar-refractivity contribution in [1.29, 1.82) is 5.41 Å². The molecule has 0 spiro atoms. The third-order valence-corrected chi connectivity index (χ3v) is 1.22. The van der Waals surface area contributed by atoms with Gasteiger partial charge in [-0.1, -0.05) is 32.4 Å². The van der Waals surface area contributed by atoms with Crippen molar-refractivity contribution < 1.29 is 0 Å². The summed E-state index contributed by atoms with van der Waals surface area (Å²) >= 11 is 0. The number of rotatable bonds is 2. The van der Waals surface area contributed by atoms with Crippen LogP contribution in [0.25, 0.3) is 0 Å². The van der Waals surface area contributed by atoms with Gasteiger partial charge in [-0.25, -0.2) is 0 Å². The molecule has 12 heavy (non-hydrogen) atoms. The highest BCUT2D eigenvalue weighted by Crippen LogP contribution is 2.17. The lowest BCUT2D eigenvalue weighted by Gasteiger charge is -2.12. The van der Waals surface area contributed by atoms with Crippen molar-refractivity contribution in [2.24, 2.45) is 11.1 Å². The largest absolute Gasteiger partial charge is 0.397 e. The summed E-state index contributed by atoms with van der Waals surface area (Å²) < 4.78 is 0. The van der Waals surface area contributed by atoms with Crippen molar-refractivity contribution >= 4 is 6.21 Å². The van der Waals surface area contributed by atoms with Gasteiger partial charge in [-0.3, -0.25) is 0 Å². The maximum atomic E-state index is 6.89. The fourth-order valence-electron chi connectivity index (χ4n) is 1.03. The van der Waals surface area contributed by atoms with E-state index in [-0.39, 0.29) is 5.41 Å². The quantitative estimate of drug-likeness (QED) is 0.480. The summed E-state index contributed by atoms with van der Waals surface area (Å²) in [7, 11) is 0. The average Bonchev–Trinajstić information content (AvgIpc) is 1.82. The Labute approximate surface area is 74.7 Å². The molecule has 0 aromatic rings. The molecule has 0 aliphatic carbocycles. The Kier molecular flexibility index (Phi) is 3.74. The highest BCUT2D eigenvalue weighted by molar-refractivity contribution is 5.75. The van der Waals surface area contributed by atoms with Gasteiger partial charge in [0, 0.05) is 11.9 Å². The molecular formula is C10H18N2. The number of nitrogens with two attached hydrogens (primary N) is 1. The summed E-state index contributed by atoms with van der Waals surface area (Å²) in [6.45, 7) is 8.38. The Bertz CT molecular complexity index is 216. The molecule has 3 N–H and O–H groups in total. The van der Waals surface area contributed by atoms with E-state index in [1.807, 2.05) is 6.92 Å². The van der Waals surface area contributed by atoms with Crippen LogP contribution in [0, 0.1) is 10.8 Å². The Balaban J connectivity index is 4.51. The molecule has 2 heteroatoms. The Morgan fingerprint density at radius 1 is 1.33 bits per heavy atom. The van der Waals surface area contributed by atoms with Crippen LogP contribution in [-0.2, 0) is 0 Å². The smallest absolute Gasteiger partial charge is 0.0495 e. The van der Waals surface area contributed by atoms with Gasteiger partial charge in [0.05, 0.1) is 0 Å². The second kappa shape index (κ2) is 4.10. The van der Waals surface area contributed by atoms with E-state index in [1.165, 1.54) is 0 Å². The Morgan fingerprint density at radius 2 is 1.83 bits per heavy atom. The van der Waals surface area contributed by atoms with Gasteiger partial charge in [-0.05, 0) is 18.4 Å². The van der Waals surface area contributed by atoms with Crippen LogP contribution in [0.5, 0.6) is 0 Å². The Morgan fingerprint density at radius 3 is 2.17 bits per heavy atom. The SMILES string of the molecule is CC(=CC(C)(C)C)/C=C(/N)C=N. The van der Waals surface area contributed by atoms with E-state index in [1.54, 1.807) is 6.08 Å². The predicted octanol–water partition coefficient (Wildman–Crippen LogP) is 2.47. The average molecular weight is 166 g/mol. The highest BCUT2D eigenvalue weighted by Gasteiger charge is 2.04. The van der Waals surface area contributed by atoms with Crippen LogP contribution in [-0.4, -0.2) is 6.21 Å². The molecule has 0 aliphatic heterocycles. The molecule has 0 saturated carbocycles. The molecule has 0 rings (SSSR count). The van der Waals surface area contributed by atoms with E-state index in [0.29, 0.717) is 5.70 Å². The zero-order chi connectivity index (χ0) is 9.78. The third kappa shape index (κ3) is 5.71. The summed E-state index contributed by atoms with van der Waals surface area (Å²) in [5.74, 6) is 0. The van der Waals surface area contributed by atoms with E-state index < -0.39 is 0 Å². The summed E-state index contributed by atoms with van der Waals surface area (Å²) in [5, 5.41) is 6.89. The van der Waals surface area contributed by atoms with Gasteiger partial charge in [0.2, 0.25) is 0 Å². The molecule has 0 atom stereocenters. The second-order valence-corrected chi connectivity index (χ2v) is 4.04.